The van der Waals surface area contributed by atoms with Crippen LogP contribution < -0.4 is 5.32 Å². The zero-order valence-electron chi connectivity index (χ0n) is 8.85. The number of nitrogens with one attached hydrogen (secondary N) is 1. The Bertz CT molecular complexity index is 362. The van der Waals surface area contributed by atoms with Crippen molar-refractivity contribution in [2.24, 2.45) is 5.92 Å². The van der Waals surface area contributed by atoms with E-state index >= 15 is 0 Å². The fourth-order valence-electron chi connectivity index (χ4n) is 2.08. The summed E-state index contributed by atoms with van der Waals surface area (Å²) < 4.78 is 28.6. The molecule has 4 heteroatoms. The molecule has 0 amide bonds. The molecule has 0 aromatic heterocycles. The van der Waals surface area contributed by atoms with Gasteiger partial charge in [0, 0.05) is 23.4 Å². The zero-order valence-corrected chi connectivity index (χ0v) is 10.4. The molecule has 1 heterocycles. The number of hydrogen-bond donors (Lipinski definition) is 1. The van der Waals surface area contributed by atoms with Gasteiger partial charge in [0.05, 0.1) is 0 Å². The molecular weight excluding hydrogens is 276 g/mol. The van der Waals surface area contributed by atoms with Crippen molar-refractivity contribution in [1.29, 1.82) is 0 Å². The summed E-state index contributed by atoms with van der Waals surface area (Å²) in [5.41, 5.74) is 0.686. The molecule has 1 aromatic rings. The average molecular weight is 290 g/mol. The Morgan fingerprint density at radius 1 is 1.44 bits per heavy atom. The van der Waals surface area contributed by atoms with Gasteiger partial charge in [-0.05, 0) is 30.7 Å². The van der Waals surface area contributed by atoms with Crippen LogP contribution in [0.5, 0.6) is 0 Å². The van der Waals surface area contributed by atoms with Crippen LogP contribution in [0, 0.1) is 5.92 Å². The summed E-state index contributed by atoms with van der Waals surface area (Å²) in [6.45, 7) is 1.14. The van der Waals surface area contributed by atoms with Crippen LogP contribution in [-0.2, 0) is 6.42 Å². The molecule has 0 radical (unpaired) electrons. The van der Waals surface area contributed by atoms with Crippen molar-refractivity contribution in [2.75, 3.05) is 13.1 Å². The SMILES string of the molecule is FC(F)(Cc1cccc(Br)c1)C1CCNC1. The smallest absolute Gasteiger partial charge is 0.256 e. The maximum absolute atomic E-state index is 13.9. The Morgan fingerprint density at radius 3 is 2.88 bits per heavy atom. The van der Waals surface area contributed by atoms with Gasteiger partial charge in [-0.15, -0.1) is 0 Å². The van der Waals surface area contributed by atoms with Crippen LogP contribution in [0.2, 0.25) is 0 Å². The minimum absolute atomic E-state index is 0.168. The van der Waals surface area contributed by atoms with E-state index in [1.54, 1.807) is 18.2 Å². The second-order valence-electron chi connectivity index (χ2n) is 4.26. The quantitative estimate of drug-likeness (QED) is 0.901. The summed E-state index contributed by atoms with van der Waals surface area (Å²) in [6, 6.07) is 7.15. The lowest BCUT2D eigenvalue weighted by molar-refractivity contribution is -0.0499. The second kappa shape index (κ2) is 4.80. The standard InChI is InChI=1S/C12H14BrF2N/c13-11-3-1-2-9(6-11)7-12(14,15)10-4-5-16-8-10/h1-3,6,10,16H,4-5,7-8H2. The van der Waals surface area contributed by atoms with E-state index in [2.05, 4.69) is 21.2 Å². The van der Waals surface area contributed by atoms with Crippen LogP contribution >= 0.6 is 15.9 Å². The molecule has 0 bridgehead atoms. The Balaban J connectivity index is 2.07. The molecule has 1 nitrogen and oxygen atoms in total. The van der Waals surface area contributed by atoms with Crippen molar-refractivity contribution in [2.45, 2.75) is 18.8 Å². The largest absolute Gasteiger partial charge is 0.316 e. The third-order valence-electron chi connectivity index (χ3n) is 2.99. The van der Waals surface area contributed by atoms with Gasteiger partial charge in [0.2, 0.25) is 0 Å². The molecule has 1 fully saturated rings. The van der Waals surface area contributed by atoms with Crippen molar-refractivity contribution >= 4 is 15.9 Å². The lowest BCUT2D eigenvalue weighted by atomic mass is 9.94. The first-order valence-electron chi connectivity index (χ1n) is 5.41. The number of hydrogen-bond acceptors (Lipinski definition) is 1. The molecular formula is C12H14BrF2N. The van der Waals surface area contributed by atoms with E-state index in [9.17, 15) is 8.78 Å². The Morgan fingerprint density at radius 2 is 2.25 bits per heavy atom. The van der Waals surface area contributed by atoms with Crippen molar-refractivity contribution < 1.29 is 8.78 Å². The van der Waals surface area contributed by atoms with Crippen LogP contribution in [-0.4, -0.2) is 19.0 Å². The summed E-state index contributed by atoms with van der Waals surface area (Å²) in [5, 5.41) is 2.99. The highest BCUT2D eigenvalue weighted by Gasteiger charge is 2.40. The van der Waals surface area contributed by atoms with Gasteiger partial charge in [-0.2, -0.15) is 0 Å². The van der Waals surface area contributed by atoms with Gasteiger partial charge in [-0.1, -0.05) is 28.1 Å². The first-order valence-corrected chi connectivity index (χ1v) is 6.20. The summed E-state index contributed by atoms with van der Waals surface area (Å²) >= 11 is 3.30. The predicted octanol–water partition coefficient (Wildman–Crippen LogP) is 3.24. The van der Waals surface area contributed by atoms with E-state index in [1.165, 1.54) is 0 Å². The fraction of sp³-hybridized carbons (Fsp3) is 0.500. The summed E-state index contributed by atoms with van der Waals surface area (Å²) in [4.78, 5) is 0. The highest BCUT2D eigenvalue weighted by Crippen LogP contribution is 2.33. The van der Waals surface area contributed by atoms with Gasteiger partial charge >= 0.3 is 0 Å². The molecule has 1 aliphatic heterocycles. The van der Waals surface area contributed by atoms with Crippen LogP contribution in [0.15, 0.2) is 28.7 Å². The minimum Gasteiger partial charge on any atom is -0.316 e. The van der Waals surface area contributed by atoms with Gasteiger partial charge in [0.15, 0.2) is 0 Å². The third kappa shape index (κ3) is 2.80. The molecule has 1 aliphatic rings. The number of rotatable bonds is 3. The highest BCUT2D eigenvalue weighted by molar-refractivity contribution is 9.10. The number of alkyl halides is 2. The zero-order chi connectivity index (χ0) is 11.6. The van der Waals surface area contributed by atoms with E-state index < -0.39 is 11.8 Å². The minimum atomic E-state index is -2.61. The second-order valence-corrected chi connectivity index (χ2v) is 5.17. The van der Waals surface area contributed by atoms with Crippen LogP contribution in [0.25, 0.3) is 0 Å². The number of halogens is 3. The van der Waals surface area contributed by atoms with Crippen molar-refractivity contribution in [1.82, 2.24) is 5.32 Å². The molecule has 1 atom stereocenters. The molecule has 1 saturated heterocycles. The van der Waals surface area contributed by atoms with Crippen molar-refractivity contribution in [3.63, 3.8) is 0 Å². The Labute approximate surface area is 102 Å². The fourth-order valence-corrected chi connectivity index (χ4v) is 2.53. The van der Waals surface area contributed by atoms with Gasteiger partial charge < -0.3 is 5.32 Å². The van der Waals surface area contributed by atoms with Crippen molar-refractivity contribution in [3.8, 4) is 0 Å². The topological polar surface area (TPSA) is 12.0 Å². The Hall–Kier alpha value is -0.480. The molecule has 1 aromatic carbocycles. The Kier molecular flexibility index (Phi) is 3.60. The predicted molar refractivity (Wildman–Crippen MR) is 63.8 cm³/mol. The van der Waals surface area contributed by atoms with E-state index in [1.807, 2.05) is 6.07 Å². The number of benzene rings is 1. The lowest BCUT2D eigenvalue weighted by Crippen LogP contribution is -2.32. The first-order chi connectivity index (χ1) is 7.58. The molecule has 88 valence electrons. The maximum Gasteiger partial charge on any atom is 0.256 e. The van der Waals surface area contributed by atoms with E-state index in [4.69, 9.17) is 0 Å². The molecule has 16 heavy (non-hydrogen) atoms. The molecule has 0 aliphatic carbocycles. The summed E-state index contributed by atoms with van der Waals surface area (Å²) in [5.74, 6) is -3.13. The van der Waals surface area contributed by atoms with Crippen LogP contribution in [0.1, 0.15) is 12.0 Å². The third-order valence-corrected chi connectivity index (χ3v) is 3.48. The highest BCUT2D eigenvalue weighted by atomic mass is 79.9. The first kappa shape index (κ1) is 12.0. The average Bonchev–Trinajstić information content (AvgIpc) is 2.69. The normalized spacial score (nSPS) is 21.3. The van der Waals surface area contributed by atoms with Gasteiger partial charge in [-0.25, -0.2) is 8.78 Å². The molecule has 1 unspecified atom stereocenters. The van der Waals surface area contributed by atoms with Gasteiger partial charge in [-0.3, -0.25) is 0 Å². The molecule has 2 rings (SSSR count). The van der Waals surface area contributed by atoms with E-state index in [-0.39, 0.29) is 6.42 Å². The van der Waals surface area contributed by atoms with Crippen LogP contribution in [0.4, 0.5) is 8.78 Å². The molecule has 0 saturated carbocycles. The maximum atomic E-state index is 13.9. The molecule has 1 N–H and O–H groups in total. The van der Waals surface area contributed by atoms with Gasteiger partial charge in [0.25, 0.3) is 5.92 Å². The summed E-state index contributed by atoms with van der Waals surface area (Å²) in [6.07, 6.45) is 0.403. The monoisotopic (exact) mass is 289 g/mol. The van der Waals surface area contributed by atoms with Gasteiger partial charge in [0.1, 0.15) is 0 Å². The van der Waals surface area contributed by atoms with Crippen molar-refractivity contribution in [3.05, 3.63) is 34.3 Å². The lowest BCUT2D eigenvalue weighted by Gasteiger charge is -2.22. The van der Waals surface area contributed by atoms with E-state index in [0.29, 0.717) is 25.1 Å². The van der Waals surface area contributed by atoms with E-state index in [0.717, 1.165) is 4.47 Å². The van der Waals surface area contributed by atoms with Crippen LogP contribution in [0.3, 0.4) is 0 Å². The molecule has 0 spiro atoms. The summed E-state index contributed by atoms with van der Waals surface area (Å²) in [7, 11) is 0.